The summed E-state index contributed by atoms with van der Waals surface area (Å²) in [4.78, 5) is 13.8. The van der Waals surface area contributed by atoms with E-state index in [-0.39, 0.29) is 16.7 Å². The van der Waals surface area contributed by atoms with Crippen molar-refractivity contribution in [2.24, 2.45) is 46.3 Å². The number of hydrogen-bond acceptors (Lipinski definition) is 4. The van der Waals surface area contributed by atoms with Crippen LogP contribution in [0, 0.1) is 46.3 Å². The lowest BCUT2D eigenvalue weighted by molar-refractivity contribution is -0.227. The smallest absolute Gasteiger partial charge is 0.168 e. The monoisotopic (exact) mass is 480 g/mol. The Balaban J connectivity index is 1.15. The molecule has 35 heavy (non-hydrogen) atoms. The van der Waals surface area contributed by atoms with Crippen LogP contribution >= 0.6 is 0 Å². The zero-order valence-electron chi connectivity index (χ0n) is 22.0. The first-order valence-electron chi connectivity index (χ1n) is 14.3. The standard InChI is InChI=1S/C31H44O4/c1-21(19-33-20-22-7-5-4-6-8-22)24-9-10-25-28-26(11-12-30(24,25)3)29(2)13-14-31(34-15-16-35-31)18-23(29)17-27(28)32/h4-8,21,23-26,28H,9-20H2,1-3H3/t21-,23-,24-,25-,26?,28+,29+,30-/m1/s1. The van der Waals surface area contributed by atoms with Gasteiger partial charge in [-0.25, -0.2) is 0 Å². The predicted octanol–water partition coefficient (Wildman–Crippen LogP) is 6.42. The lowest BCUT2D eigenvalue weighted by Gasteiger charge is -2.61. The van der Waals surface area contributed by atoms with Gasteiger partial charge in [0.05, 0.1) is 19.8 Å². The molecule has 1 unspecified atom stereocenters. The van der Waals surface area contributed by atoms with Gasteiger partial charge in [-0.05, 0) is 78.1 Å². The molecule has 5 aliphatic rings. The zero-order valence-corrected chi connectivity index (χ0v) is 22.0. The summed E-state index contributed by atoms with van der Waals surface area (Å²) in [6.07, 6.45) is 8.73. The number of hydrogen-bond donors (Lipinski definition) is 0. The van der Waals surface area contributed by atoms with E-state index in [0.717, 1.165) is 32.3 Å². The lowest BCUT2D eigenvalue weighted by atomic mass is 9.44. The Kier molecular flexibility index (Phi) is 6.17. The quantitative estimate of drug-likeness (QED) is 0.488. The molecule has 4 heteroatoms. The highest BCUT2D eigenvalue weighted by Gasteiger charge is 2.64. The summed E-state index contributed by atoms with van der Waals surface area (Å²) in [7, 11) is 0. The Labute approximate surface area is 211 Å². The first kappa shape index (κ1) is 24.1. The van der Waals surface area contributed by atoms with Crippen molar-refractivity contribution in [3.05, 3.63) is 35.9 Å². The maximum absolute atomic E-state index is 13.8. The van der Waals surface area contributed by atoms with Crippen molar-refractivity contribution in [1.29, 1.82) is 0 Å². The second-order valence-corrected chi connectivity index (χ2v) is 13.1. The summed E-state index contributed by atoms with van der Waals surface area (Å²) in [6, 6.07) is 10.5. The molecule has 4 aliphatic carbocycles. The van der Waals surface area contributed by atoms with E-state index in [1.54, 1.807) is 0 Å². The molecule has 0 amide bonds. The Morgan fingerprint density at radius 2 is 1.71 bits per heavy atom. The van der Waals surface area contributed by atoms with Gasteiger partial charge in [-0.1, -0.05) is 51.1 Å². The van der Waals surface area contributed by atoms with E-state index < -0.39 is 5.79 Å². The molecule has 1 aromatic carbocycles. The maximum Gasteiger partial charge on any atom is 0.168 e. The molecule has 1 heterocycles. The van der Waals surface area contributed by atoms with Crippen LogP contribution in [0.1, 0.15) is 77.7 Å². The minimum Gasteiger partial charge on any atom is -0.376 e. The fourth-order valence-electron chi connectivity index (χ4n) is 9.66. The molecule has 6 rings (SSSR count). The summed E-state index contributed by atoms with van der Waals surface area (Å²) in [6.45, 7) is 10.3. The molecule has 0 radical (unpaired) electrons. The molecule has 5 fully saturated rings. The average Bonchev–Trinajstić information content (AvgIpc) is 3.45. The number of rotatable bonds is 5. The molecular formula is C31H44O4. The van der Waals surface area contributed by atoms with E-state index in [0.29, 0.717) is 55.2 Å². The van der Waals surface area contributed by atoms with Crippen LogP contribution in [0.2, 0.25) is 0 Å². The van der Waals surface area contributed by atoms with E-state index in [9.17, 15) is 4.79 Å². The fourth-order valence-corrected chi connectivity index (χ4v) is 9.66. The third kappa shape index (κ3) is 3.94. The van der Waals surface area contributed by atoms with Gasteiger partial charge in [0, 0.05) is 31.8 Å². The average molecular weight is 481 g/mol. The molecular weight excluding hydrogens is 436 g/mol. The Hall–Kier alpha value is -1.23. The predicted molar refractivity (Wildman–Crippen MR) is 136 cm³/mol. The minimum atomic E-state index is -0.395. The van der Waals surface area contributed by atoms with Gasteiger partial charge in [-0.15, -0.1) is 0 Å². The number of ether oxygens (including phenoxy) is 3. The van der Waals surface area contributed by atoms with E-state index in [1.807, 2.05) is 0 Å². The Bertz CT molecular complexity index is 923. The summed E-state index contributed by atoms with van der Waals surface area (Å²) >= 11 is 0. The van der Waals surface area contributed by atoms with E-state index in [4.69, 9.17) is 14.2 Å². The highest BCUT2D eigenvalue weighted by Crippen LogP contribution is 2.68. The van der Waals surface area contributed by atoms with Crippen molar-refractivity contribution >= 4 is 5.78 Å². The van der Waals surface area contributed by atoms with Crippen molar-refractivity contribution in [3.8, 4) is 0 Å². The van der Waals surface area contributed by atoms with E-state index in [1.165, 1.54) is 31.2 Å². The van der Waals surface area contributed by atoms with Gasteiger partial charge < -0.3 is 14.2 Å². The lowest BCUT2D eigenvalue weighted by Crippen LogP contribution is -2.59. The van der Waals surface area contributed by atoms with Gasteiger partial charge in [-0.3, -0.25) is 4.79 Å². The van der Waals surface area contributed by atoms with Gasteiger partial charge in [-0.2, -0.15) is 0 Å². The van der Waals surface area contributed by atoms with Crippen LogP contribution in [-0.4, -0.2) is 31.4 Å². The molecule has 1 spiro atoms. The van der Waals surface area contributed by atoms with Crippen LogP contribution in [0.3, 0.4) is 0 Å². The van der Waals surface area contributed by atoms with Crippen LogP contribution in [0.15, 0.2) is 30.3 Å². The second kappa shape index (κ2) is 8.96. The van der Waals surface area contributed by atoms with Crippen molar-refractivity contribution in [3.63, 3.8) is 0 Å². The van der Waals surface area contributed by atoms with Crippen LogP contribution in [-0.2, 0) is 25.6 Å². The number of benzene rings is 1. The molecule has 0 bridgehead atoms. The molecule has 192 valence electrons. The molecule has 1 saturated heterocycles. The molecule has 1 aliphatic heterocycles. The van der Waals surface area contributed by atoms with Crippen molar-refractivity contribution in [1.82, 2.24) is 0 Å². The molecule has 4 saturated carbocycles. The van der Waals surface area contributed by atoms with E-state index >= 15 is 0 Å². The number of ketones is 1. The topological polar surface area (TPSA) is 44.8 Å². The number of fused-ring (bicyclic) bond motifs is 5. The highest BCUT2D eigenvalue weighted by atomic mass is 16.7. The number of carbonyl (C=O) groups excluding carboxylic acids is 1. The SMILES string of the molecule is C[C@H](COCc1ccccc1)[C@H]1CC[C@@H]2[C@@H]3C(=O)C[C@@H]4CC5(CC[C@]4(C)C3CC[C@]12C)OCCO5. The fraction of sp³-hybridized carbons (Fsp3) is 0.774. The first-order valence-corrected chi connectivity index (χ1v) is 14.3. The molecule has 1 aromatic rings. The first-order chi connectivity index (χ1) is 16.8. The molecule has 4 nitrogen and oxygen atoms in total. The summed E-state index contributed by atoms with van der Waals surface area (Å²) < 4.78 is 18.4. The Morgan fingerprint density at radius 3 is 2.49 bits per heavy atom. The number of carbonyl (C=O) groups is 1. The summed E-state index contributed by atoms with van der Waals surface area (Å²) in [5, 5.41) is 0. The largest absolute Gasteiger partial charge is 0.376 e. The third-order valence-electron chi connectivity index (χ3n) is 11.5. The van der Waals surface area contributed by atoms with Crippen molar-refractivity contribution < 1.29 is 19.0 Å². The van der Waals surface area contributed by atoms with Crippen molar-refractivity contribution in [2.75, 3.05) is 19.8 Å². The van der Waals surface area contributed by atoms with Gasteiger partial charge in [0.25, 0.3) is 0 Å². The minimum absolute atomic E-state index is 0.253. The van der Waals surface area contributed by atoms with Gasteiger partial charge in [0.15, 0.2) is 5.79 Å². The van der Waals surface area contributed by atoms with Crippen molar-refractivity contribution in [2.45, 2.75) is 84.5 Å². The van der Waals surface area contributed by atoms with Crippen LogP contribution < -0.4 is 0 Å². The van der Waals surface area contributed by atoms with Gasteiger partial charge in [0.1, 0.15) is 5.78 Å². The van der Waals surface area contributed by atoms with E-state index in [2.05, 4.69) is 51.1 Å². The number of Topliss-reactive ketones (excluding diaryl/α,β-unsaturated/α-hetero) is 1. The van der Waals surface area contributed by atoms with Crippen LogP contribution in [0.25, 0.3) is 0 Å². The normalized spacial score (nSPS) is 42.9. The summed E-state index contributed by atoms with van der Waals surface area (Å²) in [5.41, 5.74) is 1.76. The maximum atomic E-state index is 13.8. The molecule has 0 aromatic heterocycles. The summed E-state index contributed by atoms with van der Waals surface area (Å²) in [5.74, 6) is 3.09. The van der Waals surface area contributed by atoms with Gasteiger partial charge in [0.2, 0.25) is 0 Å². The highest BCUT2D eigenvalue weighted by molar-refractivity contribution is 5.83. The van der Waals surface area contributed by atoms with Crippen LogP contribution in [0.5, 0.6) is 0 Å². The second-order valence-electron chi connectivity index (χ2n) is 13.1. The zero-order chi connectivity index (χ0) is 24.3. The molecule has 8 atom stereocenters. The molecule has 0 N–H and O–H groups in total. The van der Waals surface area contributed by atoms with Crippen LogP contribution in [0.4, 0.5) is 0 Å². The Morgan fingerprint density at radius 1 is 0.971 bits per heavy atom. The third-order valence-corrected chi connectivity index (χ3v) is 11.5. The van der Waals surface area contributed by atoms with Gasteiger partial charge >= 0.3 is 0 Å².